The minimum absolute atomic E-state index is 0.0192. The van der Waals surface area contributed by atoms with Gasteiger partial charge in [-0.1, -0.05) is 29.8 Å². The van der Waals surface area contributed by atoms with Crippen molar-refractivity contribution in [1.29, 1.82) is 0 Å². The molecule has 0 unspecified atom stereocenters. The van der Waals surface area contributed by atoms with Gasteiger partial charge < -0.3 is 10.6 Å². The van der Waals surface area contributed by atoms with Gasteiger partial charge >= 0.3 is 0 Å². The molecule has 2 rings (SSSR count). The Morgan fingerprint density at radius 2 is 1.71 bits per heavy atom. The van der Waals surface area contributed by atoms with Crippen LogP contribution in [0.15, 0.2) is 30.3 Å². The largest absolute Gasteiger partial charge is 0.366 e. The number of hydrogen-bond acceptors (Lipinski definition) is 4. The van der Waals surface area contributed by atoms with Crippen LogP contribution in [-0.2, 0) is 6.54 Å². The monoisotopic (exact) mass is 284 g/mol. The van der Waals surface area contributed by atoms with E-state index in [1.807, 2.05) is 13.0 Å². The lowest BCUT2D eigenvalue weighted by molar-refractivity contribution is 0.629. The maximum absolute atomic E-state index is 4.44. The summed E-state index contributed by atoms with van der Waals surface area (Å²) >= 11 is 0. The van der Waals surface area contributed by atoms with Crippen LogP contribution in [0.2, 0.25) is 0 Å². The van der Waals surface area contributed by atoms with Gasteiger partial charge in [0.25, 0.3) is 0 Å². The molecule has 0 atom stereocenters. The van der Waals surface area contributed by atoms with E-state index in [0.717, 1.165) is 24.0 Å². The number of aryl methyl sites for hydroxylation is 2. The fraction of sp³-hybridized carbons (Fsp3) is 0.412. The molecule has 0 saturated heterocycles. The van der Waals surface area contributed by atoms with Crippen LogP contribution in [0.25, 0.3) is 0 Å². The summed E-state index contributed by atoms with van der Waals surface area (Å²) in [7, 11) is 0. The zero-order valence-electron chi connectivity index (χ0n) is 13.5. The Labute approximate surface area is 127 Å². The highest BCUT2D eigenvalue weighted by Crippen LogP contribution is 2.16. The maximum atomic E-state index is 4.44. The average Bonchev–Trinajstić information content (AvgIpc) is 2.33. The fourth-order valence-electron chi connectivity index (χ4n) is 2.12. The SMILES string of the molecule is Cc1cccc(CNc2cc(NC(C)(C)C)nc(C)n2)c1. The summed E-state index contributed by atoms with van der Waals surface area (Å²) in [5, 5.41) is 6.74. The molecule has 1 heterocycles. The second-order valence-corrected chi connectivity index (χ2v) is 6.40. The summed E-state index contributed by atoms with van der Waals surface area (Å²) in [6.45, 7) is 11.1. The highest BCUT2D eigenvalue weighted by Gasteiger charge is 2.11. The van der Waals surface area contributed by atoms with E-state index in [-0.39, 0.29) is 5.54 Å². The summed E-state index contributed by atoms with van der Waals surface area (Å²) in [5.74, 6) is 2.45. The van der Waals surface area contributed by atoms with Crippen LogP contribution >= 0.6 is 0 Å². The molecule has 0 aliphatic rings. The first-order valence-electron chi connectivity index (χ1n) is 7.25. The molecule has 2 aromatic rings. The van der Waals surface area contributed by atoms with E-state index in [1.165, 1.54) is 11.1 Å². The van der Waals surface area contributed by atoms with E-state index in [2.05, 4.69) is 72.6 Å². The van der Waals surface area contributed by atoms with Crippen molar-refractivity contribution in [3.8, 4) is 0 Å². The van der Waals surface area contributed by atoms with Crippen molar-refractivity contribution in [3.63, 3.8) is 0 Å². The van der Waals surface area contributed by atoms with Crippen LogP contribution in [0, 0.1) is 13.8 Å². The number of anilines is 2. The molecular weight excluding hydrogens is 260 g/mol. The molecule has 0 saturated carbocycles. The number of nitrogens with zero attached hydrogens (tertiary/aromatic N) is 2. The molecule has 112 valence electrons. The predicted molar refractivity (Wildman–Crippen MR) is 88.7 cm³/mol. The highest BCUT2D eigenvalue weighted by molar-refractivity contribution is 5.49. The van der Waals surface area contributed by atoms with Gasteiger partial charge in [-0.05, 0) is 40.2 Å². The number of rotatable bonds is 4. The van der Waals surface area contributed by atoms with Gasteiger partial charge in [-0.2, -0.15) is 0 Å². The lowest BCUT2D eigenvalue weighted by atomic mass is 10.1. The third-order valence-electron chi connectivity index (χ3n) is 2.90. The molecule has 0 spiro atoms. The second kappa shape index (κ2) is 6.12. The highest BCUT2D eigenvalue weighted by atomic mass is 15.1. The van der Waals surface area contributed by atoms with Crippen molar-refractivity contribution in [2.45, 2.75) is 46.7 Å². The van der Waals surface area contributed by atoms with E-state index in [1.54, 1.807) is 0 Å². The number of hydrogen-bond donors (Lipinski definition) is 2. The zero-order valence-corrected chi connectivity index (χ0v) is 13.5. The lowest BCUT2D eigenvalue weighted by Gasteiger charge is -2.21. The van der Waals surface area contributed by atoms with Crippen LogP contribution in [0.3, 0.4) is 0 Å². The number of nitrogens with one attached hydrogen (secondary N) is 2. The fourth-order valence-corrected chi connectivity index (χ4v) is 2.12. The third-order valence-corrected chi connectivity index (χ3v) is 2.90. The molecule has 0 amide bonds. The summed E-state index contributed by atoms with van der Waals surface area (Å²) in [4.78, 5) is 8.87. The topological polar surface area (TPSA) is 49.8 Å². The van der Waals surface area contributed by atoms with Gasteiger partial charge in [0.15, 0.2) is 0 Å². The average molecular weight is 284 g/mol. The Morgan fingerprint density at radius 3 is 2.38 bits per heavy atom. The summed E-state index contributed by atoms with van der Waals surface area (Å²) in [5.41, 5.74) is 2.49. The van der Waals surface area contributed by atoms with Gasteiger partial charge in [0.2, 0.25) is 0 Å². The molecule has 0 aliphatic carbocycles. The van der Waals surface area contributed by atoms with Gasteiger partial charge in [0, 0.05) is 18.2 Å². The van der Waals surface area contributed by atoms with Crippen molar-refractivity contribution in [2.75, 3.05) is 10.6 Å². The molecule has 4 nitrogen and oxygen atoms in total. The van der Waals surface area contributed by atoms with Gasteiger partial charge in [0.1, 0.15) is 17.5 Å². The van der Waals surface area contributed by atoms with Crippen LogP contribution < -0.4 is 10.6 Å². The van der Waals surface area contributed by atoms with Crippen molar-refractivity contribution < 1.29 is 0 Å². The minimum atomic E-state index is -0.0192. The van der Waals surface area contributed by atoms with E-state index in [4.69, 9.17) is 0 Å². The smallest absolute Gasteiger partial charge is 0.132 e. The summed E-state index contributed by atoms with van der Waals surface area (Å²) in [6.07, 6.45) is 0. The maximum Gasteiger partial charge on any atom is 0.132 e. The van der Waals surface area contributed by atoms with Crippen molar-refractivity contribution in [1.82, 2.24) is 9.97 Å². The molecular formula is C17H24N4. The van der Waals surface area contributed by atoms with Gasteiger partial charge in [-0.25, -0.2) is 9.97 Å². The van der Waals surface area contributed by atoms with Gasteiger partial charge in [-0.3, -0.25) is 0 Å². The van der Waals surface area contributed by atoms with E-state index < -0.39 is 0 Å². The molecule has 1 aromatic heterocycles. The summed E-state index contributed by atoms with van der Waals surface area (Å²) in [6, 6.07) is 10.4. The first-order valence-corrected chi connectivity index (χ1v) is 7.25. The first-order chi connectivity index (χ1) is 9.82. The first kappa shape index (κ1) is 15.3. The third kappa shape index (κ3) is 5.06. The predicted octanol–water partition coefficient (Wildman–Crippen LogP) is 3.92. The molecule has 0 fully saturated rings. The molecule has 1 aromatic carbocycles. The zero-order chi connectivity index (χ0) is 15.5. The minimum Gasteiger partial charge on any atom is -0.366 e. The van der Waals surface area contributed by atoms with Crippen LogP contribution in [-0.4, -0.2) is 15.5 Å². The normalized spacial score (nSPS) is 11.3. The van der Waals surface area contributed by atoms with Crippen LogP contribution in [0.5, 0.6) is 0 Å². The molecule has 0 aliphatic heterocycles. The quantitative estimate of drug-likeness (QED) is 0.893. The van der Waals surface area contributed by atoms with E-state index in [9.17, 15) is 0 Å². The van der Waals surface area contributed by atoms with E-state index in [0.29, 0.717) is 0 Å². The molecule has 21 heavy (non-hydrogen) atoms. The number of aromatic nitrogens is 2. The Hall–Kier alpha value is -2.10. The molecule has 2 N–H and O–H groups in total. The Balaban J connectivity index is 2.09. The molecule has 0 bridgehead atoms. The van der Waals surface area contributed by atoms with Gasteiger partial charge in [-0.15, -0.1) is 0 Å². The van der Waals surface area contributed by atoms with E-state index >= 15 is 0 Å². The second-order valence-electron chi connectivity index (χ2n) is 6.40. The van der Waals surface area contributed by atoms with Crippen LogP contribution in [0.4, 0.5) is 11.6 Å². The Kier molecular flexibility index (Phi) is 4.46. The lowest BCUT2D eigenvalue weighted by Crippen LogP contribution is -2.27. The summed E-state index contributed by atoms with van der Waals surface area (Å²) < 4.78 is 0. The molecule has 0 radical (unpaired) electrons. The van der Waals surface area contributed by atoms with Crippen molar-refractivity contribution in [3.05, 3.63) is 47.3 Å². The Bertz CT molecular complexity index is 614. The standard InChI is InChI=1S/C17H24N4/c1-12-7-6-8-14(9-12)11-18-15-10-16(20-13(2)19-15)21-17(3,4)5/h6-10H,11H2,1-5H3,(H2,18,19,20,21). The van der Waals surface area contributed by atoms with Crippen molar-refractivity contribution in [2.24, 2.45) is 0 Å². The van der Waals surface area contributed by atoms with Gasteiger partial charge in [0.05, 0.1) is 0 Å². The molecule has 4 heteroatoms. The number of benzene rings is 1. The Morgan fingerprint density at radius 1 is 1.00 bits per heavy atom. The van der Waals surface area contributed by atoms with Crippen LogP contribution in [0.1, 0.15) is 37.7 Å². The van der Waals surface area contributed by atoms with Crippen molar-refractivity contribution >= 4 is 11.6 Å².